The number of furan rings is 1. The van der Waals surface area contributed by atoms with Crippen LogP contribution in [0.4, 0.5) is 0 Å². The summed E-state index contributed by atoms with van der Waals surface area (Å²) in [6.45, 7) is 3.91. The molecule has 4 heteroatoms. The van der Waals surface area contributed by atoms with E-state index < -0.39 is 0 Å². The summed E-state index contributed by atoms with van der Waals surface area (Å²) in [5.41, 5.74) is 2.16. The molecule has 0 N–H and O–H groups in total. The van der Waals surface area contributed by atoms with E-state index >= 15 is 0 Å². The standard InChI is InChI=1S/C15H17BrO3/c1-9-7-13(10(2)19-9)15(16)12-6-5-11(17-3)8-14(12)18-4/h5-8,15H,1-4H3. The highest BCUT2D eigenvalue weighted by Gasteiger charge is 2.20. The van der Waals surface area contributed by atoms with Crippen molar-refractivity contribution in [1.29, 1.82) is 0 Å². The first kappa shape index (κ1) is 14.0. The van der Waals surface area contributed by atoms with Gasteiger partial charge in [-0.2, -0.15) is 0 Å². The van der Waals surface area contributed by atoms with Crippen LogP contribution in [0.25, 0.3) is 0 Å². The van der Waals surface area contributed by atoms with Crippen LogP contribution in [0.1, 0.15) is 27.5 Å². The van der Waals surface area contributed by atoms with Crippen molar-refractivity contribution < 1.29 is 13.9 Å². The van der Waals surface area contributed by atoms with E-state index in [-0.39, 0.29) is 4.83 Å². The topological polar surface area (TPSA) is 31.6 Å². The lowest BCUT2D eigenvalue weighted by Crippen LogP contribution is -1.98. The number of aryl methyl sites for hydroxylation is 2. The Bertz CT molecular complexity index is 575. The molecule has 3 nitrogen and oxygen atoms in total. The van der Waals surface area contributed by atoms with Crippen LogP contribution < -0.4 is 9.47 Å². The Hall–Kier alpha value is -1.42. The van der Waals surface area contributed by atoms with E-state index in [4.69, 9.17) is 13.9 Å². The van der Waals surface area contributed by atoms with Crippen LogP contribution in [-0.2, 0) is 0 Å². The van der Waals surface area contributed by atoms with Gasteiger partial charge in [-0.25, -0.2) is 0 Å². The zero-order valence-electron chi connectivity index (χ0n) is 11.5. The zero-order valence-corrected chi connectivity index (χ0v) is 13.1. The van der Waals surface area contributed by atoms with E-state index in [2.05, 4.69) is 15.9 Å². The predicted molar refractivity (Wildman–Crippen MR) is 78.5 cm³/mol. The highest BCUT2D eigenvalue weighted by Crippen LogP contribution is 2.40. The largest absolute Gasteiger partial charge is 0.497 e. The third-order valence-electron chi connectivity index (χ3n) is 3.07. The quantitative estimate of drug-likeness (QED) is 0.781. The minimum absolute atomic E-state index is 0.0332. The number of ether oxygens (including phenoxy) is 2. The second-order valence-corrected chi connectivity index (χ2v) is 5.25. The van der Waals surface area contributed by atoms with Gasteiger partial charge in [0.1, 0.15) is 23.0 Å². The molecule has 0 aliphatic rings. The third kappa shape index (κ3) is 2.78. The Morgan fingerprint density at radius 3 is 2.32 bits per heavy atom. The smallest absolute Gasteiger partial charge is 0.127 e. The average Bonchev–Trinajstić information content (AvgIpc) is 2.76. The molecule has 2 rings (SSSR count). The molecule has 0 radical (unpaired) electrons. The van der Waals surface area contributed by atoms with Crippen LogP contribution in [-0.4, -0.2) is 14.2 Å². The highest BCUT2D eigenvalue weighted by atomic mass is 79.9. The van der Waals surface area contributed by atoms with Crippen molar-refractivity contribution in [3.63, 3.8) is 0 Å². The van der Waals surface area contributed by atoms with Crippen molar-refractivity contribution in [2.75, 3.05) is 14.2 Å². The second kappa shape index (κ2) is 5.70. The number of hydrogen-bond donors (Lipinski definition) is 0. The first-order chi connectivity index (χ1) is 9.06. The van der Waals surface area contributed by atoms with Crippen molar-refractivity contribution in [2.45, 2.75) is 18.7 Å². The Kier molecular flexibility index (Phi) is 4.20. The summed E-state index contributed by atoms with van der Waals surface area (Å²) in [7, 11) is 3.30. The maximum Gasteiger partial charge on any atom is 0.127 e. The van der Waals surface area contributed by atoms with E-state index in [1.54, 1.807) is 14.2 Å². The Labute approximate surface area is 121 Å². The fourth-order valence-corrected chi connectivity index (χ4v) is 2.93. The summed E-state index contributed by atoms with van der Waals surface area (Å²) >= 11 is 3.72. The van der Waals surface area contributed by atoms with Crippen molar-refractivity contribution in [3.05, 3.63) is 46.9 Å². The summed E-state index contributed by atoms with van der Waals surface area (Å²) in [6.07, 6.45) is 0. The number of benzene rings is 1. The molecule has 0 spiro atoms. The van der Waals surface area contributed by atoms with Gasteiger partial charge in [0.15, 0.2) is 0 Å². The monoisotopic (exact) mass is 324 g/mol. The van der Waals surface area contributed by atoms with Gasteiger partial charge in [0.2, 0.25) is 0 Å². The van der Waals surface area contributed by atoms with Gasteiger partial charge in [0.25, 0.3) is 0 Å². The Balaban J connectivity index is 2.43. The first-order valence-electron chi connectivity index (χ1n) is 5.99. The van der Waals surface area contributed by atoms with Crippen LogP contribution in [0.3, 0.4) is 0 Å². The average molecular weight is 325 g/mol. The molecule has 1 aromatic heterocycles. The Morgan fingerprint density at radius 1 is 1.05 bits per heavy atom. The second-order valence-electron chi connectivity index (χ2n) is 4.34. The fraction of sp³-hybridized carbons (Fsp3) is 0.333. The van der Waals surface area contributed by atoms with Crippen molar-refractivity contribution in [2.24, 2.45) is 0 Å². The molecule has 1 heterocycles. The molecule has 0 amide bonds. The minimum atomic E-state index is 0.0332. The van der Waals surface area contributed by atoms with Crippen molar-refractivity contribution in [1.82, 2.24) is 0 Å². The SMILES string of the molecule is COc1ccc(C(Br)c2cc(C)oc2C)c(OC)c1. The molecule has 0 saturated carbocycles. The van der Waals surface area contributed by atoms with Crippen molar-refractivity contribution in [3.8, 4) is 11.5 Å². The molecule has 0 saturated heterocycles. The molecule has 2 aromatic rings. The number of halogens is 1. The molecule has 0 bridgehead atoms. The summed E-state index contributed by atoms with van der Waals surface area (Å²) < 4.78 is 16.2. The van der Waals surface area contributed by atoms with Crippen LogP contribution in [0, 0.1) is 13.8 Å². The van der Waals surface area contributed by atoms with Gasteiger partial charge in [-0.05, 0) is 26.0 Å². The van der Waals surface area contributed by atoms with Gasteiger partial charge in [-0.1, -0.05) is 22.0 Å². The van der Waals surface area contributed by atoms with E-state index in [1.807, 2.05) is 38.1 Å². The maximum atomic E-state index is 5.58. The molecule has 1 unspecified atom stereocenters. The summed E-state index contributed by atoms with van der Waals surface area (Å²) in [5.74, 6) is 3.39. The molecule has 102 valence electrons. The van der Waals surface area contributed by atoms with E-state index in [0.29, 0.717) is 0 Å². The zero-order chi connectivity index (χ0) is 14.0. The molecule has 1 aromatic carbocycles. The molecule has 0 fully saturated rings. The van der Waals surface area contributed by atoms with Gasteiger partial charge in [-0.15, -0.1) is 0 Å². The fourth-order valence-electron chi connectivity index (χ4n) is 2.10. The summed E-state index contributed by atoms with van der Waals surface area (Å²) in [5, 5.41) is 0. The first-order valence-corrected chi connectivity index (χ1v) is 6.91. The maximum absolute atomic E-state index is 5.58. The molecule has 19 heavy (non-hydrogen) atoms. The third-order valence-corrected chi connectivity index (χ3v) is 4.05. The van der Waals surface area contributed by atoms with E-state index in [0.717, 1.165) is 34.1 Å². The lowest BCUT2D eigenvalue weighted by molar-refractivity contribution is 0.391. The summed E-state index contributed by atoms with van der Waals surface area (Å²) in [6, 6.07) is 7.84. The number of methoxy groups -OCH3 is 2. The van der Waals surface area contributed by atoms with E-state index in [1.165, 1.54) is 0 Å². The molecule has 0 aliphatic heterocycles. The lowest BCUT2D eigenvalue weighted by atomic mass is 10.0. The predicted octanol–water partition coefficient (Wildman–Crippen LogP) is 4.40. The van der Waals surface area contributed by atoms with Crippen molar-refractivity contribution >= 4 is 15.9 Å². The van der Waals surface area contributed by atoms with E-state index in [9.17, 15) is 0 Å². The highest BCUT2D eigenvalue weighted by molar-refractivity contribution is 9.09. The number of alkyl halides is 1. The minimum Gasteiger partial charge on any atom is -0.497 e. The van der Waals surface area contributed by atoms with Crippen LogP contribution in [0.5, 0.6) is 11.5 Å². The normalized spacial score (nSPS) is 12.3. The number of hydrogen-bond acceptors (Lipinski definition) is 3. The van der Waals surface area contributed by atoms with Gasteiger partial charge >= 0.3 is 0 Å². The molecule has 1 atom stereocenters. The van der Waals surface area contributed by atoms with Gasteiger partial charge in [0.05, 0.1) is 19.0 Å². The van der Waals surface area contributed by atoms with Crippen LogP contribution in [0.15, 0.2) is 28.7 Å². The van der Waals surface area contributed by atoms with Gasteiger partial charge < -0.3 is 13.9 Å². The molecule has 0 aliphatic carbocycles. The molecular weight excluding hydrogens is 308 g/mol. The van der Waals surface area contributed by atoms with Gasteiger partial charge in [-0.3, -0.25) is 0 Å². The van der Waals surface area contributed by atoms with Crippen LogP contribution in [0.2, 0.25) is 0 Å². The number of rotatable bonds is 4. The van der Waals surface area contributed by atoms with Crippen LogP contribution >= 0.6 is 15.9 Å². The molecular formula is C15H17BrO3. The van der Waals surface area contributed by atoms with Gasteiger partial charge in [0, 0.05) is 17.2 Å². The summed E-state index contributed by atoms with van der Waals surface area (Å²) in [4.78, 5) is 0.0332. The Morgan fingerprint density at radius 2 is 1.79 bits per heavy atom. The lowest BCUT2D eigenvalue weighted by Gasteiger charge is -2.15.